The second-order valence-corrected chi connectivity index (χ2v) is 5.57. The van der Waals surface area contributed by atoms with Crippen LogP contribution in [-0.2, 0) is 26.8 Å². The lowest BCUT2D eigenvalue weighted by Gasteiger charge is -2.14. The van der Waals surface area contributed by atoms with Crippen LogP contribution in [0.1, 0.15) is 21.9 Å². The normalized spacial score (nSPS) is 11.8. The number of halogens is 4. The Labute approximate surface area is 132 Å². The number of carbonyl (C=O) groups excluding carboxylic acids is 1. The Hall–Kier alpha value is -1.84. The first-order valence-corrected chi connectivity index (χ1v) is 6.94. The summed E-state index contributed by atoms with van der Waals surface area (Å²) in [5.74, 6) is -0.622. The zero-order valence-electron chi connectivity index (χ0n) is 12.0. The van der Waals surface area contributed by atoms with Crippen LogP contribution in [-0.4, -0.2) is 37.4 Å². The van der Waals surface area contributed by atoms with Crippen LogP contribution in [0.5, 0.6) is 0 Å². The van der Waals surface area contributed by atoms with Crippen LogP contribution in [0, 0.1) is 0 Å². The first-order valence-electron chi connectivity index (χ1n) is 6.15. The van der Waals surface area contributed by atoms with Gasteiger partial charge in [-0.3, -0.25) is 14.2 Å². The number of rotatable bonds is 3. The van der Waals surface area contributed by atoms with E-state index in [0.29, 0.717) is 10.4 Å². The second-order valence-electron chi connectivity index (χ2n) is 4.77. The Morgan fingerprint density at radius 1 is 1.36 bits per heavy atom. The van der Waals surface area contributed by atoms with E-state index < -0.39 is 17.8 Å². The van der Waals surface area contributed by atoms with Crippen LogP contribution in [0.2, 0.25) is 0 Å². The summed E-state index contributed by atoms with van der Waals surface area (Å²) in [6.07, 6.45) is -2.88. The van der Waals surface area contributed by atoms with Crippen LogP contribution < -0.4 is 0 Å². The Kier molecular flexibility index (Phi) is 4.32. The molecule has 10 heteroatoms. The lowest BCUT2D eigenvalue weighted by molar-refractivity contribution is -0.144. The summed E-state index contributed by atoms with van der Waals surface area (Å²) in [7, 11) is 4.35. The molecule has 0 unspecified atom stereocenters. The summed E-state index contributed by atoms with van der Waals surface area (Å²) in [5, 5.41) is 7.79. The maximum atomic E-state index is 12.9. The number of hydrogen-bond acceptors (Lipinski definition) is 3. The zero-order chi connectivity index (χ0) is 16.7. The SMILES string of the molecule is CN(Cc1ccn(C)n1)C(=O)c1nn(C)c(C(F)(F)F)c1Br. The number of amides is 1. The van der Waals surface area contributed by atoms with Crippen LogP contribution in [0.4, 0.5) is 13.2 Å². The van der Waals surface area contributed by atoms with E-state index in [-0.39, 0.29) is 16.7 Å². The molecule has 0 atom stereocenters. The first kappa shape index (κ1) is 16.5. The van der Waals surface area contributed by atoms with E-state index in [4.69, 9.17) is 0 Å². The molecule has 0 saturated heterocycles. The summed E-state index contributed by atoms with van der Waals surface area (Å²) in [6.45, 7) is 0.171. The second kappa shape index (κ2) is 5.75. The quantitative estimate of drug-likeness (QED) is 0.821. The largest absolute Gasteiger partial charge is 0.434 e. The number of aromatic nitrogens is 4. The average Bonchev–Trinajstić information content (AvgIpc) is 2.91. The molecule has 1 amide bonds. The van der Waals surface area contributed by atoms with Crippen molar-refractivity contribution >= 4 is 21.8 Å². The summed E-state index contributed by atoms with van der Waals surface area (Å²) in [4.78, 5) is 13.5. The highest BCUT2D eigenvalue weighted by Crippen LogP contribution is 2.36. The maximum Gasteiger partial charge on any atom is 0.434 e. The minimum absolute atomic E-state index is 0.171. The lowest BCUT2D eigenvalue weighted by atomic mass is 10.3. The molecule has 0 spiro atoms. The molecule has 0 aliphatic rings. The molecule has 0 N–H and O–H groups in total. The molecule has 0 aromatic carbocycles. The maximum absolute atomic E-state index is 12.9. The van der Waals surface area contributed by atoms with E-state index in [1.807, 2.05) is 0 Å². The van der Waals surface area contributed by atoms with Gasteiger partial charge in [-0.2, -0.15) is 23.4 Å². The van der Waals surface area contributed by atoms with Gasteiger partial charge in [0, 0.05) is 27.3 Å². The average molecular weight is 380 g/mol. The third-order valence-corrected chi connectivity index (χ3v) is 3.73. The minimum atomic E-state index is -4.60. The van der Waals surface area contributed by atoms with E-state index in [0.717, 1.165) is 7.05 Å². The van der Waals surface area contributed by atoms with Crippen molar-refractivity contribution in [1.82, 2.24) is 24.5 Å². The Morgan fingerprint density at radius 2 is 2.00 bits per heavy atom. The Bertz CT molecular complexity index is 706. The molecular formula is C12H13BrF3N5O. The Morgan fingerprint density at radius 3 is 2.45 bits per heavy atom. The molecule has 0 fully saturated rings. The Balaban J connectivity index is 2.26. The van der Waals surface area contributed by atoms with Crippen LogP contribution in [0.3, 0.4) is 0 Å². The predicted molar refractivity (Wildman–Crippen MR) is 74.9 cm³/mol. The van der Waals surface area contributed by atoms with E-state index in [1.54, 1.807) is 24.0 Å². The molecule has 0 aliphatic heterocycles. The van der Waals surface area contributed by atoms with Gasteiger partial charge in [0.25, 0.3) is 5.91 Å². The molecule has 0 bridgehead atoms. The number of nitrogens with zero attached hydrogens (tertiary/aromatic N) is 5. The lowest BCUT2D eigenvalue weighted by Crippen LogP contribution is -2.27. The summed E-state index contributed by atoms with van der Waals surface area (Å²) in [5.41, 5.74) is -0.656. The molecule has 0 radical (unpaired) electrons. The summed E-state index contributed by atoms with van der Waals surface area (Å²) < 4.78 is 40.6. The van der Waals surface area contributed by atoms with E-state index >= 15 is 0 Å². The van der Waals surface area contributed by atoms with Gasteiger partial charge in [-0.15, -0.1) is 0 Å². The molecule has 120 valence electrons. The highest BCUT2D eigenvalue weighted by Gasteiger charge is 2.40. The van der Waals surface area contributed by atoms with Crippen molar-refractivity contribution in [3.8, 4) is 0 Å². The van der Waals surface area contributed by atoms with Gasteiger partial charge in [-0.25, -0.2) is 0 Å². The zero-order valence-corrected chi connectivity index (χ0v) is 13.6. The smallest absolute Gasteiger partial charge is 0.334 e. The van der Waals surface area contributed by atoms with Gasteiger partial charge in [0.2, 0.25) is 0 Å². The number of alkyl halides is 3. The van der Waals surface area contributed by atoms with Crippen molar-refractivity contribution in [3.63, 3.8) is 0 Å². The van der Waals surface area contributed by atoms with Crippen molar-refractivity contribution < 1.29 is 18.0 Å². The van der Waals surface area contributed by atoms with Crippen LogP contribution >= 0.6 is 15.9 Å². The van der Waals surface area contributed by atoms with Gasteiger partial charge >= 0.3 is 6.18 Å². The van der Waals surface area contributed by atoms with E-state index in [2.05, 4.69) is 26.1 Å². The van der Waals surface area contributed by atoms with Crippen molar-refractivity contribution in [2.75, 3.05) is 7.05 Å². The molecular weight excluding hydrogens is 367 g/mol. The van der Waals surface area contributed by atoms with Gasteiger partial charge in [0.15, 0.2) is 11.4 Å². The van der Waals surface area contributed by atoms with Crippen LogP contribution in [0.15, 0.2) is 16.7 Å². The monoisotopic (exact) mass is 379 g/mol. The van der Waals surface area contributed by atoms with Crippen molar-refractivity contribution in [2.45, 2.75) is 12.7 Å². The van der Waals surface area contributed by atoms with Crippen LogP contribution in [0.25, 0.3) is 0 Å². The number of aryl methyl sites for hydroxylation is 2. The van der Waals surface area contributed by atoms with Gasteiger partial charge < -0.3 is 4.90 Å². The van der Waals surface area contributed by atoms with Gasteiger partial charge in [0.05, 0.1) is 16.7 Å². The first-order chi connectivity index (χ1) is 10.1. The van der Waals surface area contributed by atoms with E-state index in [9.17, 15) is 18.0 Å². The van der Waals surface area contributed by atoms with Crippen molar-refractivity contribution in [2.24, 2.45) is 14.1 Å². The molecule has 6 nitrogen and oxygen atoms in total. The topological polar surface area (TPSA) is 56.0 Å². The highest BCUT2D eigenvalue weighted by molar-refractivity contribution is 9.10. The third kappa shape index (κ3) is 3.16. The molecule has 22 heavy (non-hydrogen) atoms. The fourth-order valence-corrected chi connectivity index (χ4v) is 2.72. The minimum Gasteiger partial charge on any atom is -0.334 e. The molecule has 2 aromatic rings. The molecule has 2 rings (SSSR count). The third-order valence-electron chi connectivity index (χ3n) is 2.98. The van der Waals surface area contributed by atoms with Crippen molar-refractivity contribution in [3.05, 3.63) is 33.8 Å². The van der Waals surface area contributed by atoms with Gasteiger partial charge in [-0.05, 0) is 22.0 Å². The fourth-order valence-electron chi connectivity index (χ4n) is 1.99. The summed E-state index contributed by atoms with van der Waals surface area (Å²) >= 11 is 2.83. The fraction of sp³-hybridized carbons (Fsp3) is 0.417. The molecule has 2 heterocycles. The standard InChI is InChI=1S/C12H13BrF3N5O/c1-19(6-7-4-5-20(2)17-7)11(22)9-8(13)10(12(14,15)16)21(3)18-9/h4-5H,6H2,1-3H3. The van der Waals surface area contributed by atoms with Gasteiger partial charge in [-0.1, -0.05) is 0 Å². The predicted octanol–water partition coefficient (Wildman–Crippen LogP) is 2.21. The summed E-state index contributed by atoms with van der Waals surface area (Å²) in [6, 6.07) is 1.72. The van der Waals surface area contributed by atoms with Crippen molar-refractivity contribution in [1.29, 1.82) is 0 Å². The molecule has 0 saturated carbocycles. The molecule has 2 aromatic heterocycles. The molecule has 0 aliphatic carbocycles. The number of carbonyl (C=O) groups is 1. The van der Waals surface area contributed by atoms with E-state index in [1.165, 1.54) is 11.9 Å². The highest BCUT2D eigenvalue weighted by atomic mass is 79.9. The van der Waals surface area contributed by atoms with Gasteiger partial charge in [0.1, 0.15) is 0 Å². The number of hydrogen-bond donors (Lipinski definition) is 0.